The molecule has 0 bridgehead atoms. The van der Waals surface area contributed by atoms with Crippen molar-refractivity contribution in [2.45, 2.75) is 6.92 Å². The minimum atomic E-state index is -0.942. The SMILES string of the molecule is CC(=O)N(CC(=O)Nc1ccc(F)cc1F)c1ccc(F)c(Cl)c1. The minimum Gasteiger partial charge on any atom is -0.322 e. The third kappa shape index (κ3) is 4.26. The molecule has 1 N–H and O–H groups in total. The lowest BCUT2D eigenvalue weighted by molar-refractivity contribution is -0.120. The van der Waals surface area contributed by atoms with E-state index in [-0.39, 0.29) is 16.4 Å². The van der Waals surface area contributed by atoms with Crippen LogP contribution in [0.25, 0.3) is 0 Å². The summed E-state index contributed by atoms with van der Waals surface area (Å²) in [7, 11) is 0. The van der Waals surface area contributed by atoms with Crippen LogP contribution in [0, 0.1) is 17.5 Å². The zero-order chi connectivity index (χ0) is 17.9. The summed E-state index contributed by atoms with van der Waals surface area (Å²) < 4.78 is 39.6. The first-order chi connectivity index (χ1) is 11.3. The zero-order valence-electron chi connectivity index (χ0n) is 12.4. The molecule has 2 rings (SSSR count). The van der Waals surface area contributed by atoms with E-state index in [1.54, 1.807) is 0 Å². The fourth-order valence-corrected chi connectivity index (χ4v) is 2.14. The average Bonchev–Trinajstić information content (AvgIpc) is 2.50. The Kier molecular flexibility index (Phi) is 5.46. The molecule has 126 valence electrons. The second kappa shape index (κ2) is 7.35. The Balaban J connectivity index is 2.16. The van der Waals surface area contributed by atoms with Crippen LogP contribution in [0.5, 0.6) is 0 Å². The molecule has 0 aliphatic rings. The Bertz CT molecular complexity index is 799. The second-order valence-electron chi connectivity index (χ2n) is 4.88. The molecule has 2 aromatic carbocycles. The van der Waals surface area contributed by atoms with Crippen molar-refractivity contribution < 1.29 is 22.8 Å². The van der Waals surface area contributed by atoms with Crippen LogP contribution < -0.4 is 10.2 Å². The van der Waals surface area contributed by atoms with E-state index in [1.807, 2.05) is 0 Å². The molecule has 2 aromatic rings. The summed E-state index contributed by atoms with van der Waals surface area (Å²) in [6.07, 6.45) is 0. The zero-order valence-corrected chi connectivity index (χ0v) is 13.2. The van der Waals surface area contributed by atoms with Crippen LogP contribution in [0.2, 0.25) is 5.02 Å². The Morgan fingerprint density at radius 1 is 1.08 bits per heavy atom. The molecular formula is C16H12ClF3N2O2. The highest BCUT2D eigenvalue weighted by Crippen LogP contribution is 2.23. The maximum absolute atomic E-state index is 13.5. The molecule has 2 amide bonds. The average molecular weight is 357 g/mol. The van der Waals surface area contributed by atoms with Gasteiger partial charge in [-0.05, 0) is 30.3 Å². The fraction of sp³-hybridized carbons (Fsp3) is 0.125. The van der Waals surface area contributed by atoms with Crippen LogP contribution in [-0.2, 0) is 9.59 Å². The highest BCUT2D eigenvalue weighted by molar-refractivity contribution is 6.31. The summed E-state index contributed by atoms with van der Waals surface area (Å²) in [5.74, 6) is -3.59. The number of carbonyl (C=O) groups excluding carboxylic acids is 2. The number of nitrogens with one attached hydrogen (secondary N) is 1. The number of hydrogen-bond donors (Lipinski definition) is 1. The Morgan fingerprint density at radius 3 is 2.38 bits per heavy atom. The van der Waals surface area contributed by atoms with Gasteiger partial charge in [0.05, 0.1) is 10.7 Å². The molecule has 0 radical (unpaired) electrons. The molecule has 0 atom stereocenters. The summed E-state index contributed by atoms with van der Waals surface area (Å²) in [6.45, 7) is 0.761. The molecular weight excluding hydrogens is 345 g/mol. The van der Waals surface area contributed by atoms with Gasteiger partial charge in [0.15, 0.2) is 0 Å². The van der Waals surface area contributed by atoms with Crippen LogP contribution in [0.15, 0.2) is 36.4 Å². The van der Waals surface area contributed by atoms with Gasteiger partial charge < -0.3 is 10.2 Å². The molecule has 0 saturated heterocycles. The minimum absolute atomic E-state index is 0.205. The molecule has 0 spiro atoms. The lowest BCUT2D eigenvalue weighted by atomic mass is 10.2. The number of nitrogens with zero attached hydrogens (tertiary/aromatic N) is 1. The van der Waals surface area contributed by atoms with Gasteiger partial charge in [-0.3, -0.25) is 9.59 Å². The second-order valence-corrected chi connectivity index (χ2v) is 5.28. The maximum atomic E-state index is 13.5. The van der Waals surface area contributed by atoms with Crippen molar-refractivity contribution in [2.24, 2.45) is 0 Å². The Hall–Kier alpha value is -2.54. The standard InChI is InChI=1S/C16H12ClF3N2O2/c1-9(23)22(11-3-4-13(19)12(17)7-11)8-16(24)21-15-5-2-10(18)6-14(15)20/h2-7H,8H2,1H3,(H,21,24). The summed E-state index contributed by atoms with van der Waals surface area (Å²) in [6, 6.07) is 6.22. The summed E-state index contributed by atoms with van der Waals surface area (Å²) in [5, 5.41) is 2.03. The molecule has 4 nitrogen and oxygen atoms in total. The molecule has 24 heavy (non-hydrogen) atoms. The van der Waals surface area contributed by atoms with Crippen LogP contribution in [0.3, 0.4) is 0 Å². The quantitative estimate of drug-likeness (QED) is 0.907. The van der Waals surface area contributed by atoms with Crippen molar-refractivity contribution >= 4 is 34.8 Å². The Morgan fingerprint density at radius 2 is 1.79 bits per heavy atom. The van der Waals surface area contributed by atoms with Gasteiger partial charge in [0.25, 0.3) is 0 Å². The van der Waals surface area contributed by atoms with E-state index in [1.165, 1.54) is 19.1 Å². The molecule has 8 heteroatoms. The highest BCUT2D eigenvalue weighted by atomic mass is 35.5. The number of carbonyl (C=O) groups is 2. The normalized spacial score (nSPS) is 10.4. The Labute approximate surface area is 140 Å². The van der Waals surface area contributed by atoms with Crippen molar-refractivity contribution in [1.29, 1.82) is 0 Å². The summed E-state index contributed by atoms with van der Waals surface area (Å²) in [5.41, 5.74) is -0.00864. The van der Waals surface area contributed by atoms with Crippen molar-refractivity contribution in [3.05, 3.63) is 58.9 Å². The lowest BCUT2D eigenvalue weighted by Gasteiger charge is -2.21. The van der Waals surface area contributed by atoms with Gasteiger partial charge in [-0.2, -0.15) is 0 Å². The lowest BCUT2D eigenvalue weighted by Crippen LogP contribution is -2.36. The number of anilines is 2. The largest absolute Gasteiger partial charge is 0.322 e. The number of halogens is 4. The molecule has 0 aliphatic carbocycles. The van der Waals surface area contributed by atoms with Crippen LogP contribution >= 0.6 is 11.6 Å². The van der Waals surface area contributed by atoms with Crippen molar-refractivity contribution in [3.8, 4) is 0 Å². The highest BCUT2D eigenvalue weighted by Gasteiger charge is 2.18. The van der Waals surface area contributed by atoms with Gasteiger partial charge in [0, 0.05) is 18.7 Å². The third-order valence-electron chi connectivity index (χ3n) is 3.10. The fourth-order valence-electron chi connectivity index (χ4n) is 1.96. The first-order valence-electron chi connectivity index (χ1n) is 6.76. The van der Waals surface area contributed by atoms with E-state index in [0.717, 1.165) is 23.1 Å². The molecule has 0 fully saturated rings. The van der Waals surface area contributed by atoms with Crippen LogP contribution in [0.1, 0.15) is 6.92 Å². The van der Waals surface area contributed by atoms with Gasteiger partial charge >= 0.3 is 0 Å². The maximum Gasteiger partial charge on any atom is 0.244 e. The van der Waals surface area contributed by atoms with E-state index in [0.29, 0.717) is 6.07 Å². The molecule has 0 saturated carbocycles. The number of amides is 2. The van der Waals surface area contributed by atoms with E-state index in [2.05, 4.69) is 5.32 Å². The summed E-state index contributed by atoms with van der Waals surface area (Å²) >= 11 is 5.67. The van der Waals surface area contributed by atoms with Gasteiger partial charge in [-0.1, -0.05) is 11.6 Å². The van der Waals surface area contributed by atoms with E-state index >= 15 is 0 Å². The van der Waals surface area contributed by atoms with Crippen molar-refractivity contribution in [3.63, 3.8) is 0 Å². The molecule has 0 aliphatic heterocycles. The van der Waals surface area contributed by atoms with Crippen molar-refractivity contribution in [2.75, 3.05) is 16.8 Å². The molecule has 0 unspecified atom stereocenters. The topological polar surface area (TPSA) is 49.4 Å². The van der Waals surface area contributed by atoms with E-state index in [4.69, 9.17) is 11.6 Å². The predicted molar refractivity (Wildman–Crippen MR) is 84.4 cm³/mol. The van der Waals surface area contributed by atoms with Gasteiger partial charge in [0.2, 0.25) is 11.8 Å². The predicted octanol–water partition coefficient (Wildman–Crippen LogP) is 3.75. The monoisotopic (exact) mass is 356 g/mol. The summed E-state index contributed by atoms with van der Waals surface area (Å²) in [4.78, 5) is 24.8. The first-order valence-corrected chi connectivity index (χ1v) is 7.14. The number of benzene rings is 2. The number of rotatable bonds is 4. The molecule has 0 heterocycles. The van der Waals surface area contributed by atoms with Crippen LogP contribution in [-0.4, -0.2) is 18.4 Å². The van der Waals surface area contributed by atoms with E-state index < -0.39 is 35.8 Å². The van der Waals surface area contributed by atoms with Crippen molar-refractivity contribution in [1.82, 2.24) is 0 Å². The number of hydrogen-bond acceptors (Lipinski definition) is 2. The first kappa shape index (κ1) is 17.8. The van der Waals surface area contributed by atoms with Crippen LogP contribution in [0.4, 0.5) is 24.5 Å². The smallest absolute Gasteiger partial charge is 0.244 e. The van der Waals surface area contributed by atoms with E-state index in [9.17, 15) is 22.8 Å². The van der Waals surface area contributed by atoms with Gasteiger partial charge in [0.1, 0.15) is 24.0 Å². The molecule has 0 aromatic heterocycles. The van der Waals surface area contributed by atoms with Gasteiger partial charge in [-0.25, -0.2) is 13.2 Å². The van der Waals surface area contributed by atoms with Gasteiger partial charge in [-0.15, -0.1) is 0 Å². The third-order valence-corrected chi connectivity index (χ3v) is 3.39.